The van der Waals surface area contributed by atoms with Crippen LogP contribution < -0.4 is 5.32 Å². The highest BCUT2D eigenvalue weighted by atomic mass is 35.5. The molecule has 5 heteroatoms. The van der Waals surface area contributed by atoms with Gasteiger partial charge in [0.1, 0.15) is 0 Å². The number of aromatic nitrogens is 2. The fourth-order valence-electron chi connectivity index (χ4n) is 1.74. The van der Waals surface area contributed by atoms with E-state index in [9.17, 15) is 0 Å². The van der Waals surface area contributed by atoms with Crippen molar-refractivity contribution in [3.05, 3.63) is 46.1 Å². The molecule has 100 valence electrons. The molecule has 0 fully saturated rings. The number of rotatable bonds is 4. The molecule has 1 aromatic carbocycles. The molecule has 0 spiro atoms. The van der Waals surface area contributed by atoms with E-state index in [0.29, 0.717) is 11.8 Å². The minimum absolute atomic E-state index is 0.441. The smallest absolute Gasteiger partial charge is 0.156 e. The topological polar surface area (TPSA) is 47.0 Å². The lowest BCUT2D eigenvalue weighted by atomic mass is 10.2. The number of hydrogen-bond acceptors (Lipinski definition) is 4. The predicted octanol–water partition coefficient (Wildman–Crippen LogP) is 3.64. The maximum absolute atomic E-state index is 5.94. The summed E-state index contributed by atoms with van der Waals surface area (Å²) in [4.78, 5) is 0. The predicted molar refractivity (Wildman–Crippen MR) is 77.0 cm³/mol. The van der Waals surface area contributed by atoms with Crippen LogP contribution in [0.2, 0.25) is 5.15 Å². The van der Waals surface area contributed by atoms with Crippen LogP contribution in [-0.4, -0.2) is 17.3 Å². The van der Waals surface area contributed by atoms with Crippen LogP contribution in [0.4, 0.5) is 11.5 Å². The highest BCUT2D eigenvalue weighted by Gasteiger charge is 2.08. The monoisotopic (exact) mass is 277 g/mol. The summed E-state index contributed by atoms with van der Waals surface area (Å²) in [5, 5.41) is 11.7. The summed E-state index contributed by atoms with van der Waals surface area (Å²) in [6.45, 7) is 4.48. The first kappa shape index (κ1) is 13.8. The van der Waals surface area contributed by atoms with E-state index in [2.05, 4.69) is 15.5 Å². The third-order valence-corrected chi connectivity index (χ3v) is 3.32. The molecule has 0 atom stereocenters. The van der Waals surface area contributed by atoms with Crippen LogP contribution in [0.5, 0.6) is 0 Å². The molecule has 19 heavy (non-hydrogen) atoms. The third kappa shape index (κ3) is 3.22. The van der Waals surface area contributed by atoms with Crippen molar-refractivity contribution >= 4 is 23.1 Å². The summed E-state index contributed by atoms with van der Waals surface area (Å²) in [6.07, 6.45) is 0. The van der Waals surface area contributed by atoms with E-state index < -0.39 is 0 Å². The van der Waals surface area contributed by atoms with Gasteiger partial charge in [-0.05, 0) is 42.7 Å². The van der Waals surface area contributed by atoms with Gasteiger partial charge in [-0.2, -0.15) is 0 Å². The lowest BCUT2D eigenvalue weighted by molar-refractivity contribution is 0.185. The minimum atomic E-state index is 0.441. The number of methoxy groups -OCH3 is 1. The van der Waals surface area contributed by atoms with Gasteiger partial charge in [0.05, 0.1) is 6.61 Å². The molecule has 1 aromatic heterocycles. The third-order valence-electron chi connectivity index (χ3n) is 2.97. The molecule has 0 saturated carbocycles. The molecule has 1 heterocycles. The van der Waals surface area contributed by atoms with Gasteiger partial charge in [-0.25, -0.2) is 0 Å². The van der Waals surface area contributed by atoms with Crippen molar-refractivity contribution in [3.63, 3.8) is 0 Å². The summed E-state index contributed by atoms with van der Waals surface area (Å²) < 4.78 is 5.12. The van der Waals surface area contributed by atoms with E-state index in [0.717, 1.165) is 28.2 Å². The minimum Gasteiger partial charge on any atom is -0.380 e. The zero-order chi connectivity index (χ0) is 13.8. The van der Waals surface area contributed by atoms with Gasteiger partial charge in [0, 0.05) is 12.8 Å². The summed E-state index contributed by atoms with van der Waals surface area (Å²) >= 11 is 5.94. The lowest BCUT2D eigenvalue weighted by Gasteiger charge is -2.11. The Morgan fingerprint density at radius 1 is 1.21 bits per heavy atom. The standard InChI is InChI=1S/C14H16ClN3O/c1-9-10(2)14(18-17-13(9)15)16-12-6-4-5-11(7-12)8-19-3/h4-7H,8H2,1-3H3,(H,16,18). The first-order valence-corrected chi connectivity index (χ1v) is 6.34. The first-order valence-electron chi connectivity index (χ1n) is 5.96. The fourth-order valence-corrected chi connectivity index (χ4v) is 1.92. The molecule has 0 saturated heterocycles. The molecule has 2 aromatic rings. The number of ether oxygens (including phenoxy) is 1. The van der Waals surface area contributed by atoms with Gasteiger partial charge in [-0.3, -0.25) is 0 Å². The van der Waals surface area contributed by atoms with Crippen molar-refractivity contribution in [2.24, 2.45) is 0 Å². The Kier molecular flexibility index (Phi) is 4.35. The van der Waals surface area contributed by atoms with E-state index in [1.165, 1.54) is 0 Å². The van der Waals surface area contributed by atoms with Crippen LogP contribution >= 0.6 is 11.6 Å². The van der Waals surface area contributed by atoms with Crippen molar-refractivity contribution in [1.82, 2.24) is 10.2 Å². The molecule has 4 nitrogen and oxygen atoms in total. The maximum atomic E-state index is 5.94. The van der Waals surface area contributed by atoms with Crippen LogP contribution in [-0.2, 0) is 11.3 Å². The van der Waals surface area contributed by atoms with Crippen LogP contribution in [0.1, 0.15) is 16.7 Å². The number of hydrogen-bond donors (Lipinski definition) is 1. The van der Waals surface area contributed by atoms with Crippen molar-refractivity contribution in [2.45, 2.75) is 20.5 Å². The zero-order valence-electron chi connectivity index (χ0n) is 11.2. The van der Waals surface area contributed by atoms with Crippen molar-refractivity contribution < 1.29 is 4.74 Å². The molecule has 0 unspecified atom stereocenters. The van der Waals surface area contributed by atoms with Gasteiger partial charge in [0.15, 0.2) is 11.0 Å². The zero-order valence-corrected chi connectivity index (χ0v) is 12.0. The molecule has 0 aliphatic rings. The number of anilines is 2. The van der Waals surface area contributed by atoms with E-state index in [1.54, 1.807) is 7.11 Å². The molecule has 2 rings (SSSR count). The van der Waals surface area contributed by atoms with E-state index in [-0.39, 0.29) is 0 Å². The van der Waals surface area contributed by atoms with Gasteiger partial charge >= 0.3 is 0 Å². The van der Waals surface area contributed by atoms with Crippen LogP contribution in [0.3, 0.4) is 0 Å². The van der Waals surface area contributed by atoms with Crippen molar-refractivity contribution in [2.75, 3.05) is 12.4 Å². The summed E-state index contributed by atoms with van der Waals surface area (Å²) in [5.74, 6) is 0.719. The largest absolute Gasteiger partial charge is 0.380 e. The number of nitrogens with zero attached hydrogens (tertiary/aromatic N) is 2. The lowest BCUT2D eigenvalue weighted by Crippen LogP contribution is -2.01. The van der Waals surface area contributed by atoms with Gasteiger partial charge in [-0.1, -0.05) is 23.7 Å². The Morgan fingerprint density at radius 2 is 2.00 bits per heavy atom. The molecule has 0 amide bonds. The second-order valence-electron chi connectivity index (χ2n) is 4.35. The number of halogens is 1. The molecule has 0 bridgehead atoms. The van der Waals surface area contributed by atoms with Gasteiger partial charge in [0.25, 0.3) is 0 Å². The second kappa shape index (κ2) is 5.99. The molecule has 0 aliphatic carbocycles. The normalized spacial score (nSPS) is 10.5. The second-order valence-corrected chi connectivity index (χ2v) is 4.71. The molecular weight excluding hydrogens is 262 g/mol. The quantitative estimate of drug-likeness (QED) is 0.927. The van der Waals surface area contributed by atoms with Crippen molar-refractivity contribution in [1.29, 1.82) is 0 Å². The molecule has 0 aliphatic heterocycles. The van der Waals surface area contributed by atoms with E-state index in [4.69, 9.17) is 16.3 Å². The highest BCUT2D eigenvalue weighted by molar-refractivity contribution is 6.30. The Bertz CT molecular complexity index is 587. The summed E-state index contributed by atoms with van der Waals surface area (Å²) in [6, 6.07) is 7.99. The molecule has 0 radical (unpaired) electrons. The summed E-state index contributed by atoms with van der Waals surface area (Å²) in [7, 11) is 1.68. The Hall–Kier alpha value is -1.65. The Balaban J connectivity index is 2.26. The first-order chi connectivity index (χ1) is 9.11. The van der Waals surface area contributed by atoms with Crippen LogP contribution in [0.15, 0.2) is 24.3 Å². The highest BCUT2D eigenvalue weighted by Crippen LogP contribution is 2.24. The van der Waals surface area contributed by atoms with Gasteiger partial charge < -0.3 is 10.1 Å². The summed E-state index contributed by atoms with van der Waals surface area (Å²) in [5.41, 5.74) is 3.99. The Labute approximate surface area is 117 Å². The van der Waals surface area contributed by atoms with Crippen LogP contribution in [0, 0.1) is 13.8 Å². The molecule has 1 N–H and O–H groups in total. The fraction of sp³-hybridized carbons (Fsp3) is 0.286. The van der Waals surface area contributed by atoms with Crippen molar-refractivity contribution in [3.8, 4) is 0 Å². The van der Waals surface area contributed by atoms with Gasteiger partial charge in [-0.15, -0.1) is 10.2 Å². The number of benzene rings is 1. The van der Waals surface area contributed by atoms with Crippen LogP contribution in [0.25, 0.3) is 0 Å². The average molecular weight is 278 g/mol. The average Bonchev–Trinajstić information content (AvgIpc) is 2.40. The maximum Gasteiger partial charge on any atom is 0.156 e. The number of nitrogens with one attached hydrogen (secondary N) is 1. The van der Waals surface area contributed by atoms with E-state index in [1.807, 2.05) is 38.1 Å². The SMILES string of the molecule is COCc1cccc(Nc2nnc(Cl)c(C)c2C)c1. The molecular formula is C14H16ClN3O. The van der Waals surface area contributed by atoms with E-state index >= 15 is 0 Å². The van der Waals surface area contributed by atoms with Gasteiger partial charge in [0.2, 0.25) is 0 Å². The Morgan fingerprint density at radius 3 is 2.74 bits per heavy atom.